The van der Waals surface area contributed by atoms with Crippen LogP contribution in [0.4, 0.5) is 0 Å². The summed E-state index contributed by atoms with van der Waals surface area (Å²) >= 11 is 0. The van der Waals surface area contributed by atoms with Gasteiger partial charge in [-0.25, -0.2) is 4.68 Å². The molecule has 2 atom stereocenters. The Kier molecular flexibility index (Phi) is 5.14. The number of aromatic nitrogens is 2. The van der Waals surface area contributed by atoms with E-state index in [0.717, 1.165) is 36.2 Å². The topological polar surface area (TPSA) is 55.9 Å². The number of hydrogen-bond donors (Lipinski definition) is 2. The van der Waals surface area contributed by atoms with Crippen LogP contribution in [0.1, 0.15) is 31.4 Å². The van der Waals surface area contributed by atoms with Gasteiger partial charge >= 0.3 is 0 Å². The Balaban J connectivity index is 1.68. The van der Waals surface area contributed by atoms with E-state index in [-0.39, 0.29) is 6.17 Å². The number of rotatable bonds is 4. The zero-order valence-corrected chi connectivity index (χ0v) is 15.0. The van der Waals surface area contributed by atoms with E-state index in [0.29, 0.717) is 6.04 Å². The van der Waals surface area contributed by atoms with Crippen molar-refractivity contribution in [2.75, 3.05) is 0 Å². The van der Waals surface area contributed by atoms with Crippen LogP contribution in [0.2, 0.25) is 0 Å². The third kappa shape index (κ3) is 3.87. The van der Waals surface area contributed by atoms with E-state index in [4.69, 9.17) is 10.8 Å². The number of para-hydroxylation sites is 1. The Hall–Kier alpha value is -2.43. The molecule has 0 amide bonds. The largest absolute Gasteiger partial charge is 0.316 e. The highest BCUT2D eigenvalue weighted by Gasteiger charge is 2.20. The minimum Gasteiger partial charge on any atom is -0.316 e. The normalized spacial score (nSPS) is 20.7. The lowest BCUT2D eigenvalue weighted by Gasteiger charge is -2.20. The number of nitrogens with two attached hydrogens (primary N) is 1. The average molecular weight is 346 g/mol. The van der Waals surface area contributed by atoms with Gasteiger partial charge in [0.05, 0.1) is 17.5 Å². The SMILES string of the molecule is NC1CCCCC(Cc2cc(-c3ccccc3)nn2-c2ccccc2)N1. The zero-order valence-electron chi connectivity index (χ0n) is 15.0. The smallest absolute Gasteiger partial charge is 0.0930 e. The summed E-state index contributed by atoms with van der Waals surface area (Å²) in [4.78, 5) is 0. The molecule has 0 saturated carbocycles. The molecule has 1 aromatic heterocycles. The van der Waals surface area contributed by atoms with E-state index < -0.39 is 0 Å². The molecule has 2 aromatic carbocycles. The van der Waals surface area contributed by atoms with Crippen molar-refractivity contribution >= 4 is 0 Å². The van der Waals surface area contributed by atoms with Crippen LogP contribution in [0.15, 0.2) is 66.7 Å². The summed E-state index contributed by atoms with van der Waals surface area (Å²) in [5.41, 5.74) is 10.7. The number of benzene rings is 2. The molecule has 4 rings (SSSR count). The molecule has 1 aliphatic heterocycles. The van der Waals surface area contributed by atoms with Crippen LogP contribution in [0.3, 0.4) is 0 Å². The van der Waals surface area contributed by atoms with Gasteiger partial charge in [0.2, 0.25) is 0 Å². The van der Waals surface area contributed by atoms with E-state index in [2.05, 4.69) is 64.6 Å². The van der Waals surface area contributed by atoms with Crippen LogP contribution in [-0.2, 0) is 6.42 Å². The first kappa shape index (κ1) is 17.0. The fourth-order valence-corrected chi connectivity index (χ4v) is 3.75. The van der Waals surface area contributed by atoms with Crippen molar-refractivity contribution in [1.29, 1.82) is 0 Å². The third-order valence-electron chi connectivity index (χ3n) is 5.08. The number of nitrogens with zero attached hydrogens (tertiary/aromatic N) is 2. The van der Waals surface area contributed by atoms with Gasteiger partial charge in [0, 0.05) is 23.7 Å². The monoisotopic (exact) mass is 346 g/mol. The highest BCUT2D eigenvalue weighted by molar-refractivity contribution is 5.60. The molecule has 4 nitrogen and oxygen atoms in total. The second-order valence-corrected chi connectivity index (χ2v) is 7.09. The molecule has 4 heteroatoms. The molecular weight excluding hydrogens is 320 g/mol. The first-order valence-corrected chi connectivity index (χ1v) is 9.51. The van der Waals surface area contributed by atoms with Crippen LogP contribution >= 0.6 is 0 Å². The highest BCUT2D eigenvalue weighted by Crippen LogP contribution is 2.24. The Labute approximate surface area is 155 Å². The van der Waals surface area contributed by atoms with Crippen molar-refractivity contribution in [1.82, 2.24) is 15.1 Å². The summed E-state index contributed by atoms with van der Waals surface area (Å²) < 4.78 is 2.08. The maximum absolute atomic E-state index is 6.19. The lowest BCUT2D eigenvalue weighted by molar-refractivity contribution is 0.429. The van der Waals surface area contributed by atoms with Crippen molar-refractivity contribution < 1.29 is 0 Å². The molecule has 134 valence electrons. The molecule has 0 bridgehead atoms. The first-order valence-electron chi connectivity index (χ1n) is 9.51. The first-order chi connectivity index (χ1) is 12.8. The molecule has 3 aromatic rings. The van der Waals surface area contributed by atoms with E-state index in [9.17, 15) is 0 Å². The van der Waals surface area contributed by atoms with Crippen LogP contribution in [0.5, 0.6) is 0 Å². The zero-order chi connectivity index (χ0) is 17.8. The molecule has 0 radical (unpaired) electrons. The lowest BCUT2D eigenvalue weighted by atomic mass is 10.0. The second-order valence-electron chi connectivity index (χ2n) is 7.09. The lowest BCUT2D eigenvalue weighted by Crippen LogP contribution is -2.43. The van der Waals surface area contributed by atoms with Gasteiger partial charge in [0.25, 0.3) is 0 Å². The predicted octanol–water partition coefficient (Wildman–Crippen LogP) is 3.90. The molecule has 1 fully saturated rings. The van der Waals surface area contributed by atoms with Gasteiger partial charge in [-0.3, -0.25) is 5.32 Å². The number of nitrogens with one attached hydrogen (secondary N) is 1. The maximum atomic E-state index is 6.19. The molecule has 26 heavy (non-hydrogen) atoms. The Morgan fingerprint density at radius 3 is 2.42 bits per heavy atom. The van der Waals surface area contributed by atoms with Crippen molar-refractivity contribution in [3.05, 3.63) is 72.4 Å². The molecule has 2 unspecified atom stereocenters. The van der Waals surface area contributed by atoms with Gasteiger partial charge < -0.3 is 5.73 Å². The Morgan fingerprint density at radius 2 is 1.65 bits per heavy atom. The van der Waals surface area contributed by atoms with Crippen molar-refractivity contribution in [3.8, 4) is 16.9 Å². The standard InChI is InChI=1S/C22H26N4/c23-22-14-8-7-11-18(24-22)15-20-16-21(17-9-3-1-4-10-17)25-26(20)19-12-5-2-6-13-19/h1-6,9-10,12-13,16,18,22,24H,7-8,11,14-15,23H2. The average Bonchev–Trinajstić information content (AvgIpc) is 2.99. The van der Waals surface area contributed by atoms with Gasteiger partial charge in [-0.15, -0.1) is 0 Å². The summed E-state index contributed by atoms with van der Waals surface area (Å²) in [6.07, 6.45) is 5.69. The number of hydrogen-bond acceptors (Lipinski definition) is 3. The minimum atomic E-state index is 0.101. The molecule has 1 aliphatic rings. The highest BCUT2D eigenvalue weighted by atomic mass is 15.3. The van der Waals surface area contributed by atoms with Gasteiger partial charge in [0.15, 0.2) is 0 Å². The maximum Gasteiger partial charge on any atom is 0.0930 e. The fraction of sp³-hybridized carbons (Fsp3) is 0.318. The predicted molar refractivity (Wildman–Crippen MR) is 106 cm³/mol. The van der Waals surface area contributed by atoms with Crippen molar-refractivity contribution in [2.45, 2.75) is 44.3 Å². The molecule has 0 spiro atoms. The molecule has 1 saturated heterocycles. The third-order valence-corrected chi connectivity index (χ3v) is 5.08. The summed E-state index contributed by atoms with van der Waals surface area (Å²) in [7, 11) is 0. The van der Waals surface area contributed by atoms with Crippen molar-refractivity contribution in [2.24, 2.45) is 5.73 Å². The summed E-state index contributed by atoms with van der Waals surface area (Å²) in [6.45, 7) is 0. The summed E-state index contributed by atoms with van der Waals surface area (Å²) in [6, 6.07) is 23.4. The van der Waals surface area contributed by atoms with E-state index >= 15 is 0 Å². The second kappa shape index (κ2) is 7.85. The van der Waals surface area contributed by atoms with Gasteiger partial charge in [0.1, 0.15) is 0 Å². The summed E-state index contributed by atoms with van der Waals surface area (Å²) in [5.74, 6) is 0. The molecule has 0 aliphatic carbocycles. The molecule has 2 heterocycles. The van der Waals surface area contributed by atoms with Crippen LogP contribution in [0.25, 0.3) is 16.9 Å². The molecule has 3 N–H and O–H groups in total. The summed E-state index contributed by atoms with van der Waals surface area (Å²) in [5, 5.41) is 8.51. The minimum absolute atomic E-state index is 0.101. The Bertz CT molecular complexity index is 826. The fourth-order valence-electron chi connectivity index (χ4n) is 3.75. The van der Waals surface area contributed by atoms with E-state index in [1.54, 1.807) is 0 Å². The van der Waals surface area contributed by atoms with E-state index in [1.807, 2.05) is 12.1 Å². The molecular formula is C22H26N4. The van der Waals surface area contributed by atoms with E-state index in [1.165, 1.54) is 18.5 Å². The van der Waals surface area contributed by atoms with Crippen molar-refractivity contribution in [3.63, 3.8) is 0 Å². The van der Waals surface area contributed by atoms with Gasteiger partial charge in [-0.05, 0) is 31.0 Å². The Morgan fingerprint density at radius 1 is 0.962 bits per heavy atom. The van der Waals surface area contributed by atoms with Crippen LogP contribution in [-0.4, -0.2) is 22.0 Å². The van der Waals surface area contributed by atoms with Crippen LogP contribution in [0, 0.1) is 0 Å². The quantitative estimate of drug-likeness (QED) is 0.753. The van der Waals surface area contributed by atoms with Gasteiger partial charge in [-0.1, -0.05) is 61.4 Å². The van der Waals surface area contributed by atoms with Gasteiger partial charge in [-0.2, -0.15) is 5.10 Å². The van der Waals surface area contributed by atoms with Crippen LogP contribution < -0.4 is 11.1 Å².